The summed E-state index contributed by atoms with van der Waals surface area (Å²) in [5.74, 6) is -0.263. The predicted molar refractivity (Wildman–Crippen MR) is 135 cm³/mol. The Balaban J connectivity index is 0.000000420. The molecule has 0 atom stereocenters. The van der Waals surface area contributed by atoms with Gasteiger partial charge in [0.25, 0.3) is 0 Å². The third kappa shape index (κ3) is 13.8. The number of aromatic hydroxyl groups is 2. The van der Waals surface area contributed by atoms with E-state index in [0.717, 1.165) is 0 Å². The molecule has 0 fully saturated rings. The molecular weight excluding hydrogens is 601 g/mol. The van der Waals surface area contributed by atoms with E-state index >= 15 is 0 Å². The van der Waals surface area contributed by atoms with E-state index in [1.54, 1.807) is 24.8 Å². The molecule has 2 aromatic heterocycles. The second-order valence-corrected chi connectivity index (χ2v) is 7.99. The molecule has 1 radical (unpaired) electrons. The molecule has 2 aromatic carbocycles. The molecule has 33 heavy (non-hydrogen) atoms. The monoisotopic (exact) mass is 613 g/mol. The standard InChI is InChI=1S/2C6H3Cl3O.2C5H5N.Cu/c2*7-3-1-4(8)6(10)5(9)2-3;2*1-2-4-6-5-3-1;/h2*1-2,10H;2*1-5H;/q;;;;+2. The van der Waals surface area contributed by atoms with Gasteiger partial charge in [0.1, 0.15) is 0 Å². The Labute approximate surface area is 232 Å². The number of phenolic OH excluding ortho intramolecular Hbond substituents is 2. The molecule has 0 amide bonds. The number of rotatable bonds is 0. The molecule has 2 N–H and O–H groups in total. The van der Waals surface area contributed by atoms with Crippen LogP contribution >= 0.6 is 69.6 Å². The van der Waals surface area contributed by atoms with Gasteiger partial charge in [-0.1, -0.05) is 81.7 Å². The first-order valence-corrected chi connectivity index (χ1v) is 10.9. The van der Waals surface area contributed by atoms with Crippen molar-refractivity contribution >= 4 is 69.6 Å². The zero-order valence-corrected chi connectivity index (χ0v) is 21.9. The number of aromatic nitrogens is 2. The predicted octanol–water partition coefficient (Wildman–Crippen LogP) is 8.87. The summed E-state index contributed by atoms with van der Waals surface area (Å²) in [6.07, 6.45) is 7.00. The van der Waals surface area contributed by atoms with Gasteiger partial charge in [-0.3, -0.25) is 9.97 Å². The number of hydrogen-bond donors (Lipinski definition) is 2. The number of hydrogen-bond acceptors (Lipinski definition) is 4. The molecule has 0 aliphatic heterocycles. The smallest absolute Gasteiger partial charge is 0.505 e. The fraction of sp³-hybridized carbons (Fsp3) is 0. The minimum Gasteiger partial charge on any atom is -0.505 e. The molecule has 0 aliphatic rings. The van der Waals surface area contributed by atoms with Crippen molar-refractivity contribution in [3.05, 3.63) is 116 Å². The average molecular weight is 617 g/mol. The summed E-state index contributed by atoms with van der Waals surface area (Å²) in [4.78, 5) is 7.57. The molecule has 4 rings (SSSR count). The Morgan fingerprint density at radius 1 is 0.455 bits per heavy atom. The van der Waals surface area contributed by atoms with Gasteiger partial charge >= 0.3 is 17.1 Å². The van der Waals surface area contributed by atoms with Crippen LogP contribution in [0.5, 0.6) is 11.5 Å². The maximum atomic E-state index is 9.01. The molecule has 2 heterocycles. The molecular formula is C22H16Cl6CuN2O2+2. The zero-order chi connectivity index (χ0) is 23.9. The largest absolute Gasteiger partial charge is 2.00 e. The minimum atomic E-state index is -0.132. The van der Waals surface area contributed by atoms with Gasteiger partial charge in [-0.2, -0.15) is 0 Å². The SMILES string of the molecule is Oc1c(Cl)cc(Cl)cc1Cl.Oc1c(Cl)cc(Cl)cc1Cl.[Cu+2].c1ccncc1.c1ccncc1. The van der Waals surface area contributed by atoms with Crippen molar-refractivity contribution in [3.63, 3.8) is 0 Å². The first-order chi connectivity index (χ1) is 15.2. The molecule has 0 saturated heterocycles. The van der Waals surface area contributed by atoms with Gasteiger partial charge in [-0.05, 0) is 48.5 Å². The van der Waals surface area contributed by atoms with Crippen molar-refractivity contribution in [1.29, 1.82) is 0 Å². The summed E-state index contributed by atoms with van der Waals surface area (Å²) in [6, 6.07) is 17.1. The van der Waals surface area contributed by atoms with Crippen LogP contribution in [0.15, 0.2) is 85.5 Å². The van der Waals surface area contributed by atoms with Gasteiger partial charge in [-0.15, -0.1) is 0 Å². The second-order valence-electron chi connectivity index (χ2n) is 5.49. The van der Waals surface area contributed by atoms with Crippen LogP contribution in [0.1, 0.15) is 0 Å². The number of phenols is 2. The van der Waals surface area contributed by atoms with Crippen LogP contribution in [-0.2, 0) is 17.1 Å². The molecule has 0 saturated carbocycles. The average Bonchev–Trinajstić information content (AvgIpc) is 2.79. The summed E-state index contributed by atoms with van der Waals surface area (Å²) in [5, 5.41) is 19.5. The van der Waals surface area contributed by atoms with E-state index in [4.69, 9.17) is 79.8 Å². The van der Waals surface area contributed by atoms with Crippen LogP contribution in [-0.4, -0.2) is 20.2 Å². The fourth-order valence-corrected chi connectivity index (χ4v) is 3.33. The van der Waals surface area contributed by atoms with Gasteiger partial charge in [0.15, 0.2) is 11.5 Å². The maximum Gasteiger partial charge on any atom is 2.00 e. The molecule has 4 nitrogen and oxygen atoms in total. The quantitative estimate of drug-likeness (QED) is 0.194. The Kier molecular flexibility index (Phi) is 17.2. The van der Waals surface area contributed by atoms with E-state index in [-0.39, 0.29) is 48.7 Å². The first-order valence-electron chi connectivity index (χ1n) is 8.59. The van der Waals surface area contributed by atoms with Crippen LogP contribution < -0.4 is 0 Å². The second kappa shape index (κ2) is 18.0. The van der Waals surface area contributed by atoms with Crippen molar-refractivity contribution in [1.82, 2.24) is 9.97 Å². The van der Waals surface area contributed by atoms with Crippen LogP contribution in [0.25, 0.3) is 0 Å². The van der Waals surface area contributed by atoms with Gasteiger partial charge in [0.2, 0.25) is 0 Å². The van der Waals surface area contributed by atoms with Crippen LogP contribution in [0.2, 0.25) is 30.1 Å². The summed E-state index contributed by atoms with van der Waals surface area (Å²) >= 11 is 33.1. The third-order valence-electron chi connectivity index (χ3n) is 3.10. The van der Waals surface area contributed by atoms with Crippen molar-refractivity contribution in [2.45, 2.75) is 0 Å². The van der Waals surface area contributed by atoms with Crippen molar-refractivity contribution in [2.75, 3.05) is 0 Å². The van der Waals surface area contributed by atoms with E-state index in [0.29, 0.717) is 10.0 Å². The van der Waals surface area contributed by atoms with Crippen LogP contribution in [0, 0.1) is 0 Å². The first kappa shape index (κ1) is 31.6. The summed E-state index contributed by atoms with van der Waals surface area (Å²) in [5.41, 5.74) is 0. The van der Waals surface area contributed by atoms with Crippen molar-refractivity contribution < 1.29 is 27.3 Å². The molecule has 0 bridgehead atoms. The molecule has 0 unspecified atom stereocenters. The molecule has 0 spiro atoms. The van der Waals surface area contributed by atoms with Crippen LogP contribution in [0.4, 0.5) is 0 Å². The number of pyridine rings is 2. The Morgan fingerprint density at radius 2 is 0.697 bits per heavy atom. The topological polar surface area (TPSA) is 66.2 Å². The molecule has 4 aromatic rings. The number of benzene rings is 2. The van der Waals surface area contributed by atoms with Crippen molar-refractivity contribution in [3.8, 4) is 11.5 Å². The zero-order valence-electron chi connectivity index (χ0n) is 16.4. The maximum absolute atomic E-state index is 9.01. The van der Waals surface area contributed by atoms with Gasteiger partial charge in [0.05, 0.1) is 20.1 Å². The normalized spacial score (nSPS) is 8.91. The Bertz CT molecular complexity index is 891. The Morgan fingerprint density at radius 3 is 0.848 bits per heavy atom. The molecule has 11 heteroatoms. The molecule has 0 aliphatic carbocycles. The summed E-state index contributed by atoms with van der Waals surface area (Å²) in [6.45, 7) is 0. The summed E-state index contributed by atoms with van der Waals surface area (Å²) < 4.78 is 0. The Hall–Kier alpha value is -1.40. The van der Waals surface area contributed by atoms with Crippen molar-refractivity contribution in [2.24, 2.45) is 0 Å². The van der Waals surface area contributed by atoms with Gasteiger partial charge < -0.3 is 10.2 Å². The number of nitrogens with zero attached hydrogens (tertiary/aromatic N) is 2. The minimum absolute atomic E-state index is 0. The fourth-order valence-electron chi connectivity index (χ4n) is 1.69. The van der Waals surface area contributed by atoms with E-state index in [2.05, 4.69) is 9.97 Å². The van der Waals surface area contributed by atoms with E-state index in [1.807, 2.05) is 36.4 Å². The third-order valence-corrected chi connectivity index (χ3v) is 4.69. The van der Waals surface area contributed by atoms with Gasteiger partial charge in [-0.25, -0.2) is 0 Å². The van der Waals surface area contributed by atoms with E-state index in [9.17, 15) is 0 Å². The number of halogens is 6. The molecule has 177 valence electrons. The van der Waals surface area contributed by atoms with Gasteiger partial charge in [0, 0.05) is 34.8 Å². The van der Waals surface area contributed by atoms with E-state index in [1.165, 1.54) is 24.3 Å². The van der Waals surface area contributed by atoms with Crippen LogP contribution in [0.3, 0.4) is 0 Å². The van der Waals surface area contributed by atoms with E-state index < -0.39 is 0 Å². The summed E-state index contributed by atoms with van der Waals surface area (Å²) in [7, 11) is 0.